The molecule has 0 bridgehead atoms. The van der Waals surface area contributed by atoms with Crippen molar-refractivity contribution in [1.82, 2.24) is 10.0 Å². The minimum atomic E-state index is -3.35. The molecule has 1 saturated heterocycles. The Morgan fingerprint density at radius 2 is 2.10 bits per heavy atom. The first-order chi connectivity index (χ1) is 9.62. The Kier molecular flexibility index (Phi) is 6.35. The molecule has 0 spiro atoms. The normalized spacial score (nSPS) is 17.4. The molecule has 2 heterocycles. The molecule has 0 saturated carbocycles. The van der Waals surface area contributed by atoms with E-state index in [2.05, 4.69) is 17.0 Å². The molecule has 0 aromatic carbocycles. The van der Waals surface area contributed by atoms with Crippen LogP contribution in [-0.4, -0.2) is 32.5 Å². The Labute approximate surface area is 129 Å². The van der Waals surface area contributed by atoms with Gasteiger partial charge >= 0.3 is 0 Å². The first-order valence-corrected chi connectivity index (χ1v) is 10.5. The summed E-state index contributed by atoms with van der Waals surface area (Å²) in [7, 11) is -3.35. The lowest BCUT2D eigenvalue weighted by atomic mass is 10.2. The molecule has 0 aliphatic carbocycles. The van der Waals surface area contributed by atoms with E-state index < -0.39 is 10.0 Å². The van der Waals surface area contributed by atoms with E-state index in [-0.39, 0.29) is 6.04 Å². The second-order valence-corrected chi connectivity index (χ2v) is 8.87. The summed E-state index contributed by atoms with van der Waals surface area (Å²) in [5, 5.41) is 5.03. The van der Waals surface area contributed by atoms with E-state index in [9.17, 15) is 8.42 Å². The maximum atomic E-state index is 12.3. The van der Waals surface area contributed by atoms with E-state index in [1.54, 1.807) is 11.4 Å². The van der Waals surface area contributed by atoms with Gasteiger partial charge in [0.15, 0.2) is 0 Å². The van der Waals surface area contributed by atoms with Gasteiger partial charge in [0.2, 0.25) is 10.0 Å². The van der Waals surface area contributed by atoms with Gasteiger partial charge in [-0.1, -0.05) is 6.92 Å². The minimum Gasteiger partial charge on any atom is -0.312 e. The Morgan fingerprint density at radius 3 is 2.80 bits per heavy atom. The van der Waals surface area contributed by atoms with Gasteiger partial charge in [0.05, 0.1) is 4.90 Å². The first-order valence-electron chi connectivity index (χ1n) is 7.00. The largest absolute Gasteiger partial charge is 0.312 e. The van der Waals surface area contributed by atoms with Gasteiger partial charge < -0.3 is 5.32 Å². The Balaban J connectivity index is 1.94. The number of thioether (sulfide) groups is 1. The Morgan fingerprint density at radius 1 is 1.35 bits per heavy atom. The summed E-state index contributed by atoms with van der Waals surface area (Å²) in [5.74, 6) is 2.09. The van der Waals surface area contributed by atoms with Crippen molar-refractivity contribution in [1.29, 1.82) is 0 Å². The van der Waals surface area contributed by atoms with Crippen molar-refractivity contribution in [3.05, 3.63) is 16.3 Å². The second-order valence-electron chi connectivity index (χ2n) is 4.93. The lowest BCUT2D eigenvalue weighted by Gasteiger charge is -2.21. The third-order valence-corrected chi connectivity index (χ3v) is 6.84. The molecule has 1 aliphatic rings. The van der Waals surface area contributed by atoms with Crippen molar-refractivity contribution in [2.45, 2.75) is 43.7 Å². The molecule has 0 radical (unpaired) electrons. The zero-order valence-corrected chi connectivity index (χ0v) is 14.2. The zero-order chi connectivity index (χ0) is 14.4. The number of sulfonamides is 1. The maximum Gasteiger partial charge on any atom is 0.241 e. The number of thiophene rings is 1. The highest BCUT2D eigenvalue weighted by molar-refractivity contribution is 7.99. The van der Waals surface area contributed by atoms with Gasteiger partial charge in [-0.05, 0) is 43.4 Å². The van der Waals surface area contributed by atoms with Crippen LogP contribution in [0.3, 0.4) is 0 Å². The van der Waals surface area contributed by atoms with E-state index in [0.29, 0.717) is 4.90 Å². The lowest BCUT2D eigenvalue weighted by molar-refractivity contribution is 0.529. The van der Waals surface area contributed by atoms with E-state index >= 15 is 0 Å². The molecule has 0 unspecified atom stereocenters. The number of rotatable bonds is 7. The van der Waals surface area contributed by atoms with Crippen molar-refractivity contribution in [2.75, 3.05) is 18.1 Å². The van der Waals surface area contributed by atoms with Gasteiger partial charge in [-0.3, -0.25) is 0 Å². The van der Waals surface area contributed by atoms with Crippen molar-refractivity contribution in [3.8, 4) is 0 Å². The Hall–Kier alpha value is -0.0800. The van der Waals surface area contributed by atoms with Crippen LogP contribution < -0.4 is 10.0 Å². The van der Waals surface area contributed by atoms with Crippen LogP contribution in [0.25, 0.3) is 0 Å². The maximum absolute atomic E-state index is 12.3. The average molecular weight is 335 g/mol. The predicted octanol–water partition coefficient (Wildman–Crippen LogP) is 2.42. The third kappa shape index (κ3) is 4.73. The van der Waals surface area contributed by atoms with Crippen molar-refractivity contribution in [2.24, 2.45) is 0 Å². The van der Waals surface area contributed by atoms with Crippen LogP contribution in [0.4, 0.5) is 0 Å². The van der Waals surface area contributed by atoms with Crippen LogP contribution in [0.15, 0.2) is 16.3 Å². The molecule has 4 nitrogen and oxygen atoms in total. The standard InChI is InChI=1S/C13H22N2O2S3/c1-2-5-14-9-12-8-13(10-19-12)20(16,17)15-11-3-6-18-7-4-11/h8,10-11,14-15H,2-7,9H2,1H3. The predicted molar refractivity (Wildman–Crippen MR) is 87.0 cm³/mol. The minimum absolute atomic E-state index is 0.0998. The molecule has 0 atom stereocenters. The molecule has 20 heavy (non-hydrogen) atoms. The van der Waals surface area contributed by atoms with Gasteiger partial charge in [-0.2, -0.15) is 11.8 Å². The quantitative estimate of drug-likeness (QED) is 0.752. The van der Waals surface area contributed by atoms with Crippen molar-refractivity contribution < 1.29 is 8.42 Å². The first kappa shape index (κ1) is 16.3. The van der Waals surface area contributed by atoms with Gasteiger partial charge in [0.1, 0.15) is 0 Å². The SMILES string of the molecule is CCCNCc1cc(S(=O)(=O)NC2CCSCC2)cs1. The Bertz CT molecular complexity index is 507. The highest BCUT2D eigenvalue weighted by Gasteiger charge is 2.22. The third-order valence-electron chi connectivity index (χ3n) is 3.21. The molecule has 114 valence electrons. The fourth-order valence-electron chi connectivity index (χ4n) is 2.09. The number of nitrogens with one attached hydrogen (secondary N) is 2. The highest BCUT2D eigenvalue weighted by atomic mass is 32.2. The van der Waals surface area contributed by atoms with Crippen LogP contribution in [0.1, 0.15) is 31.1 Å². The lowest BCUT2D eigenvalue weighted by Crippen LogP contribution is -2.37. The molecule has 7 heteroatoms. The highest BCUT2D eigenvalue weighted by Crippen LogP contribution is 2.22. The fourth-order valence-corrected chi connectivity index (χ4v) is 5.74. The molecule has 2 N–H and O–H groups in total. The van der Waals surface area contributed by atoms with Gasteiger partial charge in [-0.25, -0.2) is 13.1 Å². The van der Waals surface area contributed by atoms with Gasteiger partial charge in [0.25, 0.3) is 0 Å². The van der Waals surface area contributed by atoms with Crippen LogP contribution in [-0.2, 0) is 16.6 Å². The van der Waals surface area contributed by atoms with Gasteiger partial charge in [0, 0.05) is 22.8 Å². The summed E-state index contributed by atoms with van der Waals surface area (Å²) < 4.78 is 27.5. The summed E-state index contributed by atoms with van der Waals surface area (Å²) in [4.78, 5) is 1.48. The van der Waals surface area contributed by atoms with Crippen LogP contribution in [0.2, 0.25) is 0 Å². The summed E-state index contributed by atoms with van der Waals surface area (Å²) in [5.41, 5.74) is 0. The van der Waals surface area contributed by atoms with Crippen LogP contribution >= 0.6 is 23.1 Å². The van der Waals surface area contributed by atoms with Crippen molar-refractivity contribution in [3.63, 3.8) is 0 Å². The van der Waals surface area contributed by atoms with E-state index in [4.69, 9.17) is 0 Å². The topological polar surface area (TPSA) is 58.2 Å². The monoisotopic (exact) mass is 334 g/mol. The van der Waals surface area contributed by atoms with Crippen LogP contribution in [0, 0.1) is 0 Å². The molecule has 1 fully saturated rings. The smallest absolute Gasteiger partial charge is 0.241 e. The number of hydrogen-bond donors (Lipinski definition) is 2. The number of hydrogen-bond acceptors (Lipinski definition) is 5. The van der Waals surface area contributed by atoms with E-state index in [1.807, 2.05) is 11.8 Å². The zero-order valence-electron chi connectivity index (χ0n) is 11.7. The summed E-state index contributed by atoms with van der Waals surface area (Å²) >= 11 is 3.40. The summed E-state index contributed by atoms with van der Waals surface area (Å²) in [6, 6.07) is 1.88. The van der Waals surface area contributed by atoms with Crippen LogP contribution in [0.5, 0.6) is 0 Å². The molecule has 1 aromatic heterocycles. The summed E-state index contributed by atoms with van der Waals surface area (Å²) in [6.07, 6.45) is 2.94. The molecule has 1 aliphatic heterocycles. The molecule has 1 aromatic rings. The van der Waals surface area contributed by atoms with E-state index in [1.165, 1.54) is 11.3 Å². The fraction of sp³-hybridized carbons (Fsp3) is 0.692. The molecular formula is C13H22N2O2S3. The summed E-state index contributed by atoms with van der Waals surface area (Å²) in [6.45, 7) is 3.82. The molecule has 0 amide bonds. The molecular weight excluding hydrogens is 312 g/mol. The van der Waals surface area contributed by atoms with Gasteiger partial charge in [-0.15, -0.1) is 11.3 Å². The average Bonchev–Trinajstić information content (AvgIpc) is 2.89. The van der Waals surface area contributed by atoms with E-state index in [0.717, 1.165) is 48.7 Å². The van der Waals surface area contributed by atoms with Crippen molar-refractivity contribution >= 4 is 33.1 Å². The molecule has 2 rings (SSSR count). The second kappa shape index (κ2) is 7.79.